The molecule has 1 saturated heterocycles. The van der Waals surface area contributed by atoms with Crippen molar-refractivity contribution in [2.45, 2.75) is 32.9 Å². The van der Waals surface area contributed by atoms with E-state index in [0.717, 1.165) is 26.7 Å². The number of aryl methyl sites for hydroxylation is 2. The van der Waals surface area contributed by atoms with Gasteiger partial charge in [-0.1, -0.05) is 34.1 Å². The van der Waals surface area contributed by atoms with Crippen LogP contribution in [-0.2, 0) is 0 Å². The van der Waals surface area contributed by atoms with E-state index in [4.69, 9.17) is 12.2 Å². The first-order valence-corrected chi connectivity index (χ1v) is 12.2. The first kappa shape index (κ1) is 21.9. The lowest BCUT2D eigenvalue weighted by Crippen LogP contribution is -2.29. The number of anilines is 1. The highest BCUT2D eigenvalue weighted by atomic mass is 79.9. The van der Waals surface area contributed by atoms with Crippen LogP contribution >= 0.6 is 28.1 Å². The third kappa shape index (κ3) is 3.98. The van der Waals surface area contributed by atoms with Crippen LogP contribution in [0.15, 0.2) is 83.5 Å². The number of hydrogen-bond donors (Lipinski definition) is 1. The van der Waals surface area contributed by atoms with Gasteiger partial charge in [0.15, 0.2) is 5.11 Å². The first-order valence-electron chi connectivity index (χ1n) is 11.0. The van der Waals surface area contributed by atoms with Gasteiger partial charge in [-0.3, -0.25) is 4.98 Å². The van der Waals surface area contributed by atoms with Gasteiger partial charge in [0.1, 0.15) is 0 Å². The number of pyridine rings is 1. The minimum atomic E-state index is -0.0573. The number of nitrogens with one attached hydrogen (secondary N) is 1. The summed E-state index contributed by atoms with van der Waals surface area (Å²) in [4.78, 5) is 6.93. The average molecular weight is 517 g/mol. The maximum Gasteiger partial charge on any atom is 0.174 e. The topological polar surface area (TPSA) is 33.1 Å². The molecule has 5 rings (SSSR count). The fraction of sp³-hybridized carbons (Fsp3) is 0.185. The zero-order valence-corrected chi connectivity index (χ0v) is 21.2. The molecule has 0 saturated carbocycles. The van der Waals surface area contributed by atoms with Crippen molar-refractivity contribution in [3.63, 3.8) is 0 Å². The molecule has 0 bridgehead atoms. The summed E-state index contributed by atoms with van der Waals surface area (Å²) in [7, 11) is 0. The van der Waals surface area contributed by atoms with Crippen LogP contribution in [-0.4, -0.2) is 14.7 Å². The fourth-order valence-electron chi connectivity index (χ4n) is 4.80. The van der Waals surface area contributed by atoms with E-state index in [2.05, 4.69) is 117 Å². The van der Waals surface area contributed by atoms with Crippen molar-refractivity contribution in [3.8, 4) is 5.69 Å². The smallest absolute Gasteiger partial charge is 0.174 e. The van der Waals surface area contributed by atoms with E-state index < -0.39 is 0 Å². The van der Waals surface area contributed by atoms with Gasteiger partial charge in [-0.05, 0) is 98.7 Å². The van der Waals surface area contributed by atoms with Gasteiger partial charge < -0.3 is 14.8 Å². The molecule has 1 aliphatic rings. The maximum absolute atomic E-state index is 5.89. The zero-order chi connectivity index (χ0) is 23.1. The molecule has 2 atom stereocenters. The number of hydrogen-bond acceptors (Lipinski definition) is 2. The Morgan fingerprint density at radius 1 is 0.909 bits per heavy atom. The third-order valence-corrected chi connectivity index (χ3v) is 7.09. The predicted octanol–water partition coefficient (Wildman–Crippen LogP) is 6.74. The van der Waals surface area contributed by atoms with Gasteiger partial charge in [0.05, 0.1) is 17.8 Å². The molecule has 0 spiro atoms. The number of thiocarbonyl (C=S) groups is 1. The number of aromatic nitrogens is 2. The Hall–Kier alpha value is -2.96. The van der Waals surface area contributed by atoms with Gasteiger partial charge in [0.2, 0.25) is 0 Å². The SMILES string of the molecule is Cc1cccc(N2C(=S)N[C@H](c3ccccn3)[C@@H]2c2cc(C)n(-c3ccc(Br)cc3)c2C)c1. The number of halogens is 1. The molecule has 0 radical (unpaired) electrons. The van der Waals surface area contributed by atoms with Gasteiger partial charge in [0.25, 0.3) is 0 Å². The minimum absolute atomic E-state index is 0.0235. The van der Waals surface area contributed by atoms with Crippen molar-refractivity contribution in [2.24, 2.45) is 0 Å². The van der Waals surface area contributed by atoms with Crippen LogP contribution in [0.25, 0.3) is 5.69 Å². The van der Waals surface area contributed by atoms with Gasteiger partial charge in [0, 0.05) is 33.4 Å². The molecule has 0 aliphatic carbocycles. The van der Waals surface area contributed by atoms with Crippen LogP contribution < -0.4 is 10.2 Å². The molecule has 2 aromatic heterocycles. The van der Waals surface area contributed by atoms with E-state index in [-0.39, 0.29) is 12.1 Å². The van der Waals surface area contributed by atoms with E-state index >= 15 is 0 Å². The number of benzene rings is 2. The maximum atomic E-state index is 5.89. The minimum Gasteiger partial charge on any atom is -0.351 e. The predicted molar refractivity (Wildman–Crippen MR) is 142 cm³/mol. The number of nitrogens with zero attached hydrogens (tertiary/aromatic N) is 3. The second kappa shape index (κ2) is 8.76. The third-order valence-electron chi connectivity index (χ3n) is 6.25. The second-order valence-corrected chi connectivity index (χ2v) is 9.78. The first-order chi connectivity index (χ1) is 15.9. The summed E-state index contributed by atoms with van der Waals surface area (Å²) < 4.78 is 3.38. The Morgan fingerprint density at radius 2 is 1.70 bits per heavy atom. The lowest BCUT2D eigenvalue weighted by molar-refractivity contribution is 0.565. The van der Waals surface area contributed by atoms with Crippen LogP contribution in [0.4, 0.5) is 5.69 Å². The normalized spacial score (nSPS) is 17.9. The van der Waals surface area contributed by atoms with E-state index in [9.17, 15) is 0 Å². The Bertz CT molecular complexity index is 1310. The molecule has 1 N–H and O–H groups in total. The molecule has 3 heterocycles. The van der Waals surface area contributed by atoms with E-state index in [0.29, 0.717) is 0 Å². The summed E-state index contributed by atoms with van der Waals surface area (Å²) in [5.41, 5.74) is 8.04. The lowest BCUT2D eigenvalue weighted by atomic mass is 9.96. The average Bonchev–Trinajstić information content (AvgIpc) is 3.30. The van der Waals surface area contributed by atoms with Crippen LogP contribution in [0, 0.1) is 20.8 Å². The molecule has 4 nitrogen and oxygen atoms in total. The summed E-state index contributed by atoms with van der Waals surface area (Å²) >= 11 is 9.43. The monoisotopic (exact) mass is 516 g/mol. The molecule has 6 heteroatoms. The quantitative estimate of drug-likeness (QED) is 0.304. The number of rotatable bonds is 4. The molecule has 2 aromatic carbocycles. The molecule has 0 amide bonds. The second-order valence-electron chi connectivity index (χ2n) is 8.47. The van der Waals surface area contributed by atoms with E-state index in [1.54, 1.807) is 0 Å². The zero-order valence-electron chi connectivity index (χ0n) is 18.8. The summed E-state index contributed by atoms with van der Waals surface area (Å²) in [6.45, 7) is 6.46. The molecular formula is C27H25BrN4S. The van der Waals surface area contributed by atoms with Crippen LogP contribution in [0.2, 0.25) is 0 Å². The van der Waals surface area contributed by atoms with Crippen molar-refractivity contribution in [1.29, 1.82) is 0 Å². The summed E-state index contributed by atoms with van der Waals surface area (Å²) in [5, 5.41) is 4.29. The van der Waals surface area contributed by atoms with Crippen molar-refractivity contribution < 1.29 is 0 Å². The summed E-state index contributed by atoms with van der Waals surface area (Å²) in [5.74, 6) is 0. The summed E-state index contributed by atoms with van der Waals surface area (Å²) in [6, 6.07) is 25.2. The van der Waals surface area contributed by atoms with Crippen molar-refractivity contribution in [1.82, 2.24) is 14.9 Å². The van der Waals surface area contributed by atoms with Gasteiger partial charge in [-0.25, -0.2) is 0 Å². The Kier molecular flexibility index (Phi) is 5.81. The lowest BCUT2D eigenvalue weighted by Gasteiger charge is -2.28. The van der Waals surface area contributed by atoms with Gasteiger partial charge in [-0.15, -0.1) is 0 Å². The highest BCUT2D eigenvalue weighted by Gasteiger charge is 2.42. The molecule has 0 unspecified atom stereocenters. The molecule has 1 aliphatic heterocycles. The van der Waals surface area contributed by atoms with E-state index in [1.807, 2.05) is 18.3 Å². The molecular weight excluding hydrogens is 492 g/mol. The van der Waals surface area contributed by atoms with Crippen molar-refractivity contribution in [2.75, 3.05) is 4.90 Å². The molecule has 1 fully saturated rings. The van der Waals surface area contributed by atoms with E-state index in [1.165, 1.54) is 22.5 Å². The Morgan fingerprint density at radius 3 is 2.39 bits per heavy atom. The van der Waals surface area contributed by atoms with Crippen LogP contribution in [0.5, 0.6) is 0 Å². The van der Waals surface area contributed by atoms with Crippen molar-refractivity contribution >= 4 is 38.9 Å². The highest BCUT2D eigenvalue weighted by Crippen LogP contribution is 2.43. The van der Waals surface area contributed by atoms with Crippen molar-refractivity contribution in [3.05, 3.63) is 112 Å². The van der Waals surface area contributed by atoms with Crippen LogP contribution in [0.3, 0.4) is 0 Å². The summed E-state index contributed by atoms with van der Waals surface area (Å²) in [6.07, 6.45) is 1.84. The van der Waals surface area contributed by atoms with Gasteiger partial charge in [-0.2, -0.15) is 0 Å². The van der Waals surface area contributed by atoms with Crippen LogP contribution in [0.1, 0.15) is 40.3 Å². The molecule has 33 heavy (non-hydrogen) atoms. The standard InChI is InChI=1S/C27H25BrN4S/c1-17-7-6-8-22(15-17)32-26(25(30-27(32)33)24-9-4-5-14-29-24)23-16-18(2)31(19(23)3)21-12-10-20(28)11-13-21/h4-16,25-26H,1-3H3,(H,30,33)/t25-,26+/m1/s1. The largest absolute Gasteiger partial charge is 0.351 e. The molecule has 166 valence electrons. The highest BCUT2D eigenvalue weighted by molar-refractivity contribution is 9.10. The van der Waals surface area contributed by atoms with Gasteiger partial charge >= 0.3 is 0 Å². The fourth-order valence-corrected chi connectivity index (χ4v) is 5.41. The molecule has 4 aromatic rings. The Balaban J connectivity index is 1.68. The Labute approximate surface area is 208 Å².